The first-order valence-electron chi connectivity index (χ1n) is 9.64. The van der Waals surface area contributed by atoms with Crippen molar-refractivity contribution in [1.82, 2.24) is 15.3 Å². The lowest BCUT2D eigenvalue weighted by Gasteiger charge is -2.39. The number of pyridine rings is 2. The van der Waals surface area contributed by atoms with E-state index in [0.29, 0.717) is 22.6 Å². The number of alkyl halides is 3. The van der Waals surface area contributed by atoms with E-state index in [9.17, 15) is 22.8 Å². The Balaban J connectivity index is 1.82. The molecular weight excluding hydrogens is 427 g/mol. The van der Waals surface area contributed by atoms with Crippen molar-refractivity contribution in [1.29, 1.82) is 0 Å². The average Bonchev–Trinajstić information content (AvgIpc) is 2.73. The van der Waals surface area contributed by atoms with Crippen LogP contribution in [0.15, 0.2) is 59.7 Å². The van der Waals surface area contributed by atoms with E-state index in [1.807, 2.05) is 0 Å². The van der Waals surface area contributed by atoms with Crippen LogP contribution in [0.2, 0.25) is 0 Å². The Morgan fingerprint density at radius 1 is 1.25 bits per heavy atom. The summed E-state index contributed by atoms with van der Waals surface area (Å²) < 4.78 is 47.7. The number of carbonyl (C=O) groups is 1. The van der Waals surface area contributed by atoms with E-state index in [1.54, 1.807) is 25.3 Å². The highest BCUT2D eigenvalue weighted by molar-refractivity contribution is 5.94. The van der Waals surface area contributed by atoms with E-state index in [0.717, 1.165) is 0 Å². The lowest BCUT2D eigenvalue weighted by Crippen LogP contribution is -2.50. The molecule has 1 aliphatic heterocycles. The highest BCUT2D eigenvalue weighted by atomic mass is 19.4. The molecule has 2 N–H and O–H groups in total. The quantitative estimate of drug-likeness (QED) is 0.642. The number of aromatic amines is 1. The van der Waals surface area contributed by atoms with Crippen LogP contribution in [0.1, 0.15) is 33.6 Å². The molecule has 0 saturated heterocycles. The SMILES string of the molecule is Cc1cc(OC(F)(F)F)ccc1C1(NC(=O)c2ccc(=O)[nH]c2)CCOc2cccnc21. The highest BCUT2D eigenvalue weighted by Crippen LogP contribution is 2.42. The molecule has 7 nitrogen and oxygen atoms in total. The number of halogens is 3. The van der Waals surface area contributed by atoms with Gasteiger partial charge in [-0.25, -0.2) is 0 Å². The Bertz CT molecular complexity index is 1210. The van der Waals surface area contributed by atoms with Crippen molar-refractivity contribution in [3.63, 3.8) is 0 Å². The van der Waals surface area contributed by atoms with Gasteiger partial charge >= 0.3 is 6.36 Å². The van der Waals surface area contributed by atoms with Gasteiger partial charge in [0.2, 0.25) is 5.56 Å². The van der Waals surface area contributed by atoms with Crippen LogP contribution in [0, 0.1) is 6.92 Å². The van der Waals surface area contributed by atoms with E-state index in [4.69, 9.17) is 4.74 Å². The standard InChI is InChI=1S/C22H18F3N3O4/c1-13-11-15(32-22(23,24)25)5-6-16(13)21(8-10-31-17-3-2-9-26-19(17)21)28-20(30)14-4-7-18(29)27-12-14/h2-7,9,11-12H,8,10H2,1H3,(H,27,29)(H,28,30). The van der Waals surface area contributed by atoms with Gasteiger partial charge < -0.3 is 19.8 Å². The summed E-state index contributed by atoms with van der Waals surface area (Å²) in [6.45, 7) is 1.87. The molecule has 32 heavy (non-hydrogen) atoms. The number of aromatic nitrogens is 2. The number of carbonyl (C=O) groups excluding carboxylic acids is 1. The number of ether oxygens (including phenoxy) is 2. The molecule has 4 rings (SSSR count). The monoisotopic (exact) mass is 445 g/mol. The molecule has 0 radical (unpaired) electrons. The van der Waals surface area contributed by atoms with Crippen molar-refractivity contribution in [2.45, 2.75) is 25.2 Å². The number of amides is 1. The summed E-state index contributed by atoms with van der Waals surface area (Å²) in [5.74, 6) is -0.403. The number of aryl methyl sites for hydroxylation is 1. The van der Waals surface area contributed by atoms with Gasteiger partial charge in [0.1, 0.15) is 22.7 Å². The van der Waals surface area contributed by atoms with E-state index in [-0.39, 0.29) is 29.9 Å². The number of fused-ring (bicyclic) bond motifs is 1. The minimum Gasteiger partial charge on any atom is -0.491 e. The molecule has 10 heteroatoms. The van der Waals surface area contributed by atoms with Crippen molar-refractivity contribution in [3.8, 4) is 11.5 Å². The highest BCUT2D eigenvalue weighted by Gasteiger charge is 2.43. The van der Waals surface area contributed by atoms with Crippen LogP contribution in [0.25, 0.3) is 0 Å². The van der Waals surface area contributed by atoms with Gasteiger partial charge in [-0.1, -0.05) is 6.07 Å². The number of rotatable bonds is 4. The summed E-state index contributed by atoms with van der Waals surface area (Å²) >= 11 is 0. The number of nitrogens with one attached hydrogen (secondary N) is 2. The van der Waals surface area contributed by atoms with E-state index < -0.39 is 17.8 Å². The van der Waals surface area contributed by atoms with Crippen LogP contribution < -0.4 is 20.3 Å². The van der Waals surface area contributed by atoms with Crippen molar-refractivity contribution >= 4 is 5.91 Å². The molecule has 0 fully saturated rings. The van der Waals surface area contributed by atoms with Crippen LogP contribution in [0.3, 0.4) is 0 Å². The summed E-state index contributed by atoms with van der Waals surface area (Å²) in [6, 6.07) is 9.94. The van der Waals surface area contributed by atoms with Crippen LogP contribution >= 0.6 is 0 Å². The predicted octanol–water partition coefficient (Wildman–Crippen LogP) is 3.43. The Morgan fingerprint density at radius 3 is 2.75 bits per heavy atom. The normalized spacial score (nSPS) is 17.8. The summed E-state index contributed by atoms with van der Waals surface area (Å²) in [5, 5.41) is 2.98. The second-order valence-corrected chi connectivity index (χ2v) is 7.27. The van der Waals surface area contributed by atoms with Gasteiger partial charge in [0.05, 0.1) is 12.2 Å². The molecular formula is C22H18F3N3O4. The van der Waals surface area contributed by atoms with Gasteiger partial charge in [-0.15, -0.1) is 13.2 Å². The first kappa shape index (κ1) is 21.4. The van der Waals surface area contributed by atoms with E-state index in [2.05, 4.69) is 20.0 Å². The third-order valence-electron chi connectivity index (χ3n) is 5.17. The van der Waals surface area contributed by atoms with Crippen molar-refractivity contribution in [3.05, 3.63) is 87.6 Å². The van der Waals surface area contributed by atoms with Crippen molar-refractivity contribution in [2.75, 3.05) is 6.61 Å². The molecule has 0 saturated carbocycles. The maximum atomic E-state index is 13.1. The summed E-state index contributed by atoms with van der Waals surface area (Å²) in [4.78, 5) is 31.3. The molecule has 1 amide bonds. The second-order valence-electron chi connectivity index (χ2n) is 7.27. The maximum absolute atomic E-state index is 13.1. The Kier molecular flexibility index (Phi) is 5.37. The fraction of sp³-hybridized carbons (Fsp3) is 0.227. The number of hydrogen-bond acceptors (Lipinski definition) is 5. The number of H-pyrrole nitrogens is 1. The third-order valence-corrected chi connectivity index (χ3v) is 5.17. The zero-order valence-electron chi connectivity index (χ0n) is 16.8. The zero-order chi connectivity index (χ0) is 22.9. The Morgan fingerprint density at radius 2 is 2.06 bits per heavy atom. The van der Waals surface area contributed by atoms with E-state index in [1.165, 1.54) is 36.5 Å². The fourth-order valence-corrected chi connectivity index (χ4v) is 3.84. The predicted molar refractivity (Wildman–Crippen MR) is 108 cm³/mol. The van der Waals surface area contributed by atoms with Gasteiger partial charge in [-0.3, -0.25) is 14.6 Å². The molecule has 3 aromatic rings. The topological polar surface area (TPSA) is 93.3 Å². The second kappa shape index (κ2) is 8.03. The molecule has 0 aliphatic carbocycles. The third kappa shape index (κ3) is 4.16. The molecule has 1 unspecified atom stereocenters. The van der Waals surface area contributed by atoms with Gasteiger partial charge in [0.15, 0.2) is 0 Å². The first-order valence-corrected chi connectivity index (χ1v) is 9.64. The van der Waals surface area contributed by atoms with Crippen LogP contribution in [-0.4, -0.2) is 28.8 Å². The fourth-order valence-electron chi connectivity index (χ4n) is 3.84. The van der Waals surface area contributed by atoms with Crippen LogP contribution in [-0.2, 0) is 5.54 Å². The number of nitrogens with zero attached hydrogens (tertiary/aromatic N) is 1. The van der Waals surface area contributed by atoms with Crippen molar-refractivity contribution in [2.24, 2.45) is 0 Å². The molecule has 1 aliphatic rings. The largest absolute Gasteiger partial charge is 0.573 e. The summed E-state index contributed by atoms with van der Waals surface area (Å²) in [7, 11) is 0. The zero-order valence-corrected chi connectivity index (χ0v) is 16.8. The van der Waals surface area contributed by atoms with Crippen LogP contribution in [0.5, 0.6) is 11.5 Å². The number of benzene rings is 1. The minimum absolute atomic E-state index is 0.211. The minimum atomic E-state index is -4.82. The van der Waals surface area contributed by atoms with Gasteiger partial charge in [0, 0.05) is 24.9 Å². The molecule has 2 aromatic heterocycles. The molecule has 166 valence electrons. The van der Waals surface area contributed by atoms with E-state index >= 15 is 0 Å². The Labute approximate surface area is 180 Å². The molecule has 1 aromatic carbocycles. The number of hydrogen-bond donors (Lipinski definition) is 2. The molecule has 0 spiro atoms. The molecule has 1 atom stereocenters. The first-order chi connectivity index (χ1) is 15.2. The smallest absolute Gasteiger partial charge is 0.491 e. The van der Waals surface area contributed by atoms with Crippen LogP contribution in [0.4, 0.5) is 13.2 Å². The maximum Gasteiger partial charge on any atom is 0.573 e. The van der Waals surface area contributed by atoms with Crippen molar-refractivity contribution < 1.29 is 27.4 Å². The molecule has 0 bridgehead atoms. The lowest BCUT2D eigenvalue weighted by atomic mass is 9.79. The molecule has 3 heterocycles. The lowest BCUT2D eigenvalue weighted by molar-refractivity contribution is -0.274. The summed E-state index contributed by atoms with van der Waals surface area (Å²) in [5.41, 5.74) is 0.118. The van der Waals surface area contributed by atoms with Gasteiger partial charge in [-0.2, -0.15) is 0 Å². The Hall–Kier alpha value is -3.82. The average molecular weight is 445 g/mol. The van der Waals surface area contributed by atoms with Gasteiger partial charge in [0.25, 0.3) is 5.91 Å². The summed E-state index contributed by atoms with van der Waals surface area (Å²) in [6.07, 6.45) is -1.70. The van der Waals surface area contributed by atoms with Gasteiger partial charge in [-0.05, 0) is 48.4 Å².